The number of nitrogens with two attached hydrogens (primary N) is 1. The Kier molecular flexibility index (Phi) is 4.38. The summed E-state index contributed by atoms with van der Waals surface area (Å²) in [6.45, 7) is 6.29. The number of anilines is 1. The molecule has 1 aromatic rings. The Hall–Kier alpha value is -1.42. The lowest BCUT2D eigenvalue weighted by Crippen LogP contribution is -2.52. The standard InChI is InChI=1S/C17H25FN2O/c1-11-14(19)10-9-12(17(11,2)3)16(21)20(4)15-8-6-5-7-13(15)18/h5-8,11-12,14H,9-10,19H2,1-4H3. The van der Waals surface area contributed by atoms with Gasteiger partial charge in [-0.05, 0) is 36.3 Å². The maximum Gasteiger partial charge on any atom is 0.230 e. The van der Waals surface area contributed by atoms with E-state index in [4.69, 9.17) is 5.73 Å². The number of halogens is 1. The van der Waals surface area contributed by atoms with E-state index in [1.165, 1.54) is 11.0 Å². The molecule has 3 atom stereocenters. The first-order chi connectivity index (χ1) is 9.76. The normalized spacial score (nSPS) is 28.2. The van der Waals surface area contributed by atoms with E-state index in [9.17, 15) is 9.18 Å². The number of amides is 1. The van der Waals surface area contributed by atoms with Crippen LogP contribution in [-0.4, -0.2) is 19.0 Å². The highest BCUT2D eigenvalue weighted by Crippen LogP contribution is 2.45. The van der Waals surface area contributed by atoms with E-state index in [1.807, 2.05) is 0 Å². The number of hydrogen-bond acceptors (Lipinski definition) is 2. The zero-order chi connectivity index (χ0) is 15.8. The number of para-hydroxylation sites is 1. The van der Waals surface area contributed by atoms with Crippen LogP contribution in [0.5, 0.6) is 0 Å². The molecule has 1 aromatic carbocycles. The first-order valence-electron chi connectivity index (χ1n) is 7.54. The van der Waals surface area contributed by atoms with Crippen molar-refractivity contribution in [1.82, 2.24) is 0 Å². The van der Waals surface area contributed by atoms with Gasteiger partial charge in [-0.3, -0.25) is 4.79 Å². The third-order valence-corrected chi connectivity index (χ3v) is 5.35. The van der Waals surface area contributed by atoms with E-state index < -0.39 is 0 Å². The molecule has 0 bridgehead atoms. The van der Waals surface area contributed by atoms with Crippen LogP contribution in [0.1, 0.15) is 33.6 Å². The SMILES string of the molecule is CC1C(N)CCC(C(=O)N(C)c2ccccc2F)C1(C)C. The van der Waals surface area contributed by atoms with Crippen molar-refractivity contribution in [3.63, 3.8) is 0 Å². The minimum Gasteiger partial charge on any atom is -0.327 e. The maximum atomic E-state index is 13.9. The van der Waals surface area contributed by atoms with Crippen LogP contribution in [0.25, 0.3) is 0 Å². The fourth-order valence-corrected chi connectivity index (χ4v) is 3.37. The largest absolute Gasteiger partial charge is 0.327 e. The van der Waals surface area contributed by atoms with Crippen molar-refractivity contribution in [2.45, 2.75) is 39.7 Å². The van der Waals surface area contributed by atoms with E-state index in [0.717, 1.165) is 12.8 Å². The molecule has 2 N–H and O–H groups in total. The van der Waals surface area contributed by atoms with Gasteiger partial charge in [0.2, 0.25) is 5.91 Å². The second kappa shape index (κ2) is 5.76. The summed E-state index contributed by atoms with van der Waals surface area (Å²) in [5.41, 5.74) is 6.29. The molecular weight excluding hydrogens is 267 g/mol. The summed E-state index contributed by atoms with van der Waals surface area (Å²) in [6.07, 6.45) is 1.60. The van der Waals surface area contributed by atoms with Gasteiger partial charge in [0.25, 0.3) is 0 Å². The van der Waals surface area contributed by atoms with Gasteiger partial charge in [0.1, 0.15) is 5.82 Å². The first kappa shape index (κ1) is 16.0. The Morgan fingerprint density at radius 1 is 1.33 bits per heavy atom. The van der Waals surface area contributed by atoms with E-state index in [-0.39, 0.29) is 35.0 Å². The molecular formula is C17H25FN2O. The lowest BCUT2D eigenvalue weighted by molar-refractivity contribution is -0.129. The molecule has 0 aliphatic heterocycles. The number of hydrogen-bond donors (Lipinski definition) is 1. The molecule has 0 spiro atoms. The second-order valence-electron chi connectivity index (χ2n) is 6.75. The summed E-state index contributed by atoms with van der Waals surface area (Å²) in [6, 6.07) is 6.51. The van der Waals surface area contributed by atoms with Crippen molar-refractivity contribution in [2.75, 3.05) is 11.9 Å². The maximum absolute atomic E-state index is 13.9. The topological polar surface area (TPSA) is 46.3 Å². The molecule has 0 heterocycles. The number of carbonyl (C=O) groups excluding carboxylic acids is 1. The van der Waals surface area contributed by atoms with Crippen molar-refractivity contribution in [2.24, 2.45) is 23.0 Å². The minimum absolute atomic E-state index is 0.0242. The Balaban J connectivity index is 2.25. The van der Waals surface area contributed by atoms with Crippen molar-refractivity contribution >= 4 is 11.6 Å². The third-order valence-electron chi connectivity index (χ3n) is 5.35. The van der Waals surface area contributed by atoms with E-state index >= 15 is 0 Å². The third kappa shape index (κ3) is 2.82. The summed E-state index contributed by atoms with van der Waals surface area (Å²) in [5.74, 6) is -0.262. The van der Waals surface area contributed by atoms with Crippen molar-refractivity contribution in [1.29, 1.82) is 0 Å². The van der Waals surface area contributed by atoms with Gasteiger partial charge >= 0.3 is 0 Å². The summed E-state index contributed by atoms with van der Waals surface area (Å²) in [4.78, 5) is 14.3. The van der Waals surface area contributed by atoms with Crippen LogP contribution >= 0.6 is 0 Å². The summed E-state index contributed by atoms with van der Waals surface area (Å²) in [7, 11) is 1.65. The predicted octanol–water partition coefficient (Wildman–Crippen LogP) is 3.19. The molecule has 0 aromatic heterocycles. The van der Waals surface area contributed by atoms with Crippen molar-refractivity contribution in [3.8, 4) is 0 Å². The molecule has 0 saturated heterocycles. The monoisotopic (exact) mass is 292 g/mol. The number of nitrogens with zero attached hydrogens (tertiary/aromatic N) is 1. The van der Waals surface area contributed by atoms with Crippen LogP contribution in [0.15, 0.2) is 24.3 Å². The first-order valence-corrected chi connectivity index (χ1v) is 7.54. The number of carbonyl (C=O) groups is 1. The molecule has 3 nitrogen and oxygen atoms in total. The highest BCUT2D eigenvalue weighted by molar-refractivity contribution is 5.95. The van der Waals surface area contributed by atoms with Crippen molar-refractivity contribution in [3.05, 3.63) is 30.1 Å². The van der Waals surface area contributed by atoms with Crippen LogP contribution in [0.2, 0.25) is 0 Å². The molecule has 0 radical (unpaired) electrons. The number of rotatable bonds is 2. The average molecular weight is 292 g/mol. The zero-order valence-electron chi connectivity index (χ0n) is 13.3. The highest BCUT2D eigenvalue weighted by Gasteiger charge is 2.46. The van der Waals surface area contributed by atoms with Crippen LogP contribution in [0.3, 0.4) is 0 Å². The molecule has 1 aliphatic carbocycles. The summed E-state index contributed by atoms with van der Waals surface area (Å²) in [5, 5.41) is 0. The molecule has 1 saturated carbocycles. The van der Waals surface area contributed by atoms with E-state index in [0.29, 0.717) is 5.69 Å². The quantitative estimate of drug-likeness (QED) is 0.910. The summed E-state index contributed by atoms with van der Waals surface area (Å²) < 4.78 is 13.9. The minimum atomic E-state index is -0.369. The predicted molar refractivity (Wildman–Crippen MR) is 83.5 cm³/mol. The van der Waals surface area contributed by atoms with Gasteiger partial charge in [0.05, 0.1) is 5.69 Å². The van der Waals surface area contributed by atoms with Gasteiger partial charge in [0.15, 0.2) is 0 Å². The van der Waals surface area contributed by atoms with Crippen molar-refractivity contribution < 1.29 is 9.18 Å². The molecule has 4 heteroatoms. The average Bonchev–Trinajstić information content (AvgIpc) is 2.44. The molecule has 1 fully saturated rings. The van der Waals surface area contributed by atoms with Gasteiger partial charge in [-0.15, -0.1) is 0 Å². The number of benzene rings is 1. The van der Waals surface area contributed by atoms with Gasteiger partial charge in [-0.1, -0.05) is 32.9 Å². The van der Waals surface area contributed by atoms with Crippen LogP contribution in [0.4, 0.5) is 10.1 Å². The Labute approximate surface area is 126 Å². The Morgan fingerprint density at radius 3 is 2.57 bits per heavy atom. The molecule has 3 unspecified atom stereocenters. The second-order valence-corrected chi connectivity index (χ2v) is 6.75. The fourth-order valence-electron chi connectivity index (χ4n) is 3.37. The lowest BCUT2D eigenvalue weighted by Gasteiger charge is -2.47. The van der Waals surface area contributed by atoms with E-state index in [1.54, 1.807) is 25.2 Å². The van der Waals surface area contributed by atoms with Crippen LogP contribution < -0.4 is 10.6 Å². The van der Waals surface area contributed by atoms with Gasteiger partial charge in [0, 0.05) is 19.0 Å². The van der Waals surface area contributed by atoms with E-state index in [2.05, 4.69) is 20.8 Å². The van der Waals surface area contributed by atoms with Crippen LogP contribution in [-0.2, 0) is 4.79 Å². The fraction of sp³-hybridized carbons (Fsp3) is 0.588. The zero-order valence-corrected chi connectivity index (χ0v) is 13.3. The molecule has 21 heavy (non-hydrogen) atoms. The lowest BCUT2D eigenvalue weighted by atomic mass is 9.60. The molecule has 1 aliphatic rings. The molecule has 1 amide bonds. The Bertz CT molecular complexity index is 529. The van der Waals surface area contributed by atoms with Gasteiger partial charge < -0.3 is 10.6 Å². The summed E-state index contributed by atoms with van der Waals surface area (Å²) >= 11 is 0. The van der Waals surface area contributed by atoms with Crippen LogP contribution in [0, 0.1) is 23.1 Å². The molecule has 116 valence electrons. The smallest absolute Gasteiger partial charge is 0.230 e. The van der Waals surface area contributed by atoms with Gasteiger partial charge in [-0.25, -0.2) is 4.39 Å². The molecule has 2 rings (SSSR count). The van der Waals surface area contributed by atoms with Gasteiger partial charge in [-0.2, -0.15) is 0 Å². The highest BCUT2D eigenvalue weighted by atomic mass is 19.1. The Morgan fingerprint density at radius 2 is 1.95 bits per heavy atom.